The number of nitrogens with one attached hydrogen (secondary N) is 2. The first-order chi connectivity index (χ1) is 15.8. The predicted molar refractivity (Wildman–Crippen MR) is 128 cm³/mol. The largest absolute Gasteiger partial charge is 0.508 e. The van der Waals surface area contributed by atoms with E-state index in [9.17, 15) is 5.11 Å². The summed E-state index contributed by atoms with van der Waals surface area (Å²) in [5.41, 5.74) is 8.23. The van der Waals surface area contributed by atoms with Gasteiger partial charge in [-0.2, -0.15) is 0 Å². The molecule has 156 valence electrons. The van der Waals surface area contributed by atoms with Gasteiger partial charge in [0.25, 0.3) is 0 Å². The Labute approximate surface area is 186 Å². The summed E-state index contributed by atoms with van der Waals surface area (Å²) in [6.45, 7) is 0. The molecular formula is C27H22N4O. The molecule has 3 heterocycles. The second-order valence-electron chi connectivity index (χ2n) is 8.54. The van der Waals surface area contributed by atoms with Gasteiger partial charge in [-0.25, -0.2) is 0 Å². The van der Waals surface area contributed by atoms with Crippen LogP contribution in [0.25, 0.3) is 0 Å². The van der Waals surface area contributed by atoms with Gasteiger partial charge in [-0.05, 0) is 30.3 Å². The van der Waals surface area contributed by atoms with E-state index < -0.39 is 0 Å². The monoisotopic (exact) mass is 418 g/mol. The number of para-hydroxylation sites is 3. The molecule has 5 nitrogen and oxygen atoms in total. The molecule has 32 heavy (non-hydrogen) atoms. The SMILES string of the molecule is Oc1cccc(N[C@@H]2c3ccccc3N3[C@H]4c5ccccc5N[C@H]3c3ccccc3N42)c1. The first kappa shape index (κ1) is 17.5. The van der Waals surface area contributed by atoms with Crippen LogP contribution in [0, 0.1) is 0 Å². The lowest BCUT2D eigenvalue weighted by Crippen LogP contribution is -2.58. The van der Waals surface area contributed by atoms with Gasteiger partial charge >= 0.3 is 0 Å². The molecular weight excluding hydrogens is 396 g/mol. The van der Waals surface area contributed by atoms with Crippen LogP contribution < -0.4 is 20.4 Å². The van der Waals surface area contributed by atoms with Crippen molar-refractivity contribution >= 4 is 22.7 Å². The number of fused-ring (bicyclic) bond motifs is 5. The van der Waals surface area contributed by atoms with E-state index in [2.05, 4.69) is 93.2 Å². The molecule has 4 aromatic rings. The molecule has 3 N–H and O–H groups in total. The zero-order valence-corrected chi connectivity index (χ0v) is 17.3. The van der Waals surface area contributed by atoms with E-state index in [1.807, 2.05) is 12.1 Å². The Morgan fingerprint density at radius 2 is 1.38 bits per heavy atom. The van der Waals surface area contributed by atoms with E-state index in [1.165, 1.54) is 33.8 Å². The Hall–Kier alpha value is -4.12. The summed E-state index contributed by atoms with van der Waals surface area (Å²) in [5.74, 6) is 0.257. The predicted octanol–water partition coefficient (Wildman–Crippen LogP) is 5.97. The van der Waals surface area contributed by atoms with Gasteiger partial charge in [0.1, 0.15) is 24.2 Å². The Morgan fingerprint density at radius 3 is 2.19 bits per heavy atom. The number of nitrogens with zero attached hydrogens (tertiary/aromatic N) is 2. The molecule has 0 radical (unpaired) electrons. The topological polar surface area (TPSA) is 50.8 Å². The molecule has 0 saturated carbocycles. The Morgan fingerprint density at radius 1 is 0.688 bits per heavy atom. The summed E-state index contributed by atoms with van der Waals surface area (Å²) in [5, 5.41) is 17.6. The van der Waals surface area contributed by atoms with Gasteiger partial charge in [0, 0.05) is 45.5 Å². The van der Waals surface area contributed by atoms with E-state index in [0.29, 0.717) is 0 Å². The van der Waals surface area contributed by atoms with Crippen molar-refractivity contribution in [2.75, 3.05) is 20.4 Å². The normalized spacial score (nSPS) is 21.7. The second-order valence-corrected chi connectivity index (χ2v) is 8.54. The molecule has 0 saturated heterocycles. The lowest BCUT2D eigenvalue weighted by atomic mass is 9.88. The maximum absolute atomic E-state index is 10.1. The minimum atomic E-state index is -0.0949. The van der Waals surface area contributed by atoms with E-state index in [4.69, 9.17) is 0 Å². The van der Waals surface area contributed by atoms with Crippen LogP contribution in [0.5, 0.6) is 5.75 Å². The van der Waals surface area contributed by atoms with Gasteiger partial charge in [-0.3, -0.25) is 0 Å². The van der Waals surface area contributed by atoms with Crippen molar-refractivity contribution in [1.82, 2.24) is 0 Å². The molecule has 0 unspecified atom stereocenters. The summed E-state index contributed by atoms with van der Waals surface area (Å²) < 4.78 is 0. The Bertz CT molecular complexity index is 1350. The summed E-state index contributed by atoms with van der Waals surface area (Å²) in [7, 11) is 0. The standard InChI is InChI=1S/C27H22N4O/c32-18-9-7-8-17(16-18)28-25-20-11-2-5-14-23(20)31-26-21-12-3-6-15-24(21)30(25)27(31)19-10-1-4-13-22(19)29-26/h1-16,25-29,32H/t25-,26+,27-/m0/s1. The second kappa shape index (κ2) is 6.44. The van der Waals surface area contributed by atoms with Crippen LogP contribution in [0.4, 0.5) is 22.7 Å². The average molecular weight is 419 g/mol. The smallest absolute Gasteiger partial charge is 0.134 e. The van der Waals surface area contributed by atoms with Crippen molar-refractivity contribution in [3.8, 4) is 5.75 Å². The van der Waals surface area contributed by atoms with Gasteiger partial charge < -0.3 is 25.5 Å². The highest BCUT2D eigenvalue weighted by molar-refractivity contribution is 5.79. The fraction of sp³-hybridized carbons (Fsp3) is 0.111. The first-order valence-electron chi connectivity index (χ1n) is 11.0. The maximum atomic E-state index is 10.1. The van der Waals surface area contributed by atoms with Gasteiger partial charge in [0.2, 0.25) is 0 Å². The molecule has 3 atom stereocenters. The third kappa shape index (κ3) is 2.33. The highest BCUT2D eigenvalue weighted by Gasteiger charge is 2.50. The minimum absolute atomic E-state index is 0.0528. The van der Waals surface area contributed by atoms with Gasteiger partial charge in [-0.1, -0.05) is 60.7 Å². The van der Waals surface area contributed by atoms with Crippen LogP contribution >= 0.6 is 0 Å². The summed E-state index contributed by atoms with van der Waals surface area (Å²) in [6.07, 6.45) is 0.0183. The molecule has 5 heteroatoms. The third-order valence-electron chi connectivity index (χ3n) is 6.78. The van der Waals surface area contributed by atoms with E-state index in [1.54, 1.807) is 12.1 Å². The van der Waals surface area contributed by atoms with Crippen LogP contribution in [0.15, 0.2) is 97.1 Å². The fourth-order valence-corrected chi connectivity index (χ4v) is 5.51. The van der Waals surface area contributed by atoms with E-state index in [-0.39, 0.29) is 24.2 Å². The lowest BCUT2D eigenvalue weighted by Gasteiger charge is -2.60. The lowest BCUT2D eigenvalue weighted by molar-refractivity contribution is 0.432. The fourth-order valence-electron chi connectivity index (χ4n) is 5.51. The quantitative estimate of drug-likeness (QED) is 0.375. The number of aromatic hydroxyl groups is 1. The molecule has 0 amide bonds. The number of phenolic OH excluding ortho intramolecular Hbond substituents is 1. The highest BCUT2D eigenvalue weighted by Crippen LogP contribution is 2.58. The summed E-state index contributed by atoms with van der Waals surface area (Å²) >= 11 is 0. The van der Waals surface area contributed by atoms with E-state index >= 15 is 0 Å². The van der Waals surface area contributed by atoms with Crippen molar-refractivity contribution in [1.29, 1.82) is 0 Å². The molecule has 0 aliphatic carbocycles. The molecule has 3 aliphatic heterocycles. The Balaban J connectivity index is 1.50. The zero-order chi connectivity index (χ0) is 21.2. The Kier molecular flexibility index (Phi) is 3.53. The van der Waals surface area contributed by atoms with Gasteiger partial charge in [0.15, 0.2) is 0 Å². The van der Waals surface area contributed by atoms with E-state index in [0.717, 1.165) is 5.69 Å². The highest BCUT2D eigenvalue weighted by atomic mass is 16.3. The van der Waals surface area contributed by atoms with Crippen LogP contribution in [-0.4, -0.2) is 5.11 Å². The molecule has 0 fully saturated rings. The van der Waals surface area contributed by atoms with Crippen LogP contribution in [0.3, 0.4) is 0 Å². The molecule has 0 spiro atoms. The van der Waals surface area contributed by atoms with Gasteiger partial charge in [-0.15, -0.1) is 0 Å². The molecule has 4 aromatic carbocycles. The number of anilines is 4. The van der Waals surface area contributed by atoms with Crippen molar-refractivity contribution in [3.63, 3.8) is 0 Å². The summed E-state index contributed by atoms with van der Waals surface area (Å²) in [4.78, 5) is 4.98. The summed E-state index contributed by atoms with van der Waals surface area (Å²) in [6, 6.07) is 33.2. The average Bonchev–Trinajstić information content (AvgIpc) is 2.83. The number of rotatable bonds is 2. The van der Waals surface area contributed by atoms with Crippen molar-refractivity contribution in [2.45, 2.75) is 18.5 Å². The number of hydrogen-bond acceptors (Lipinski definition) is 5. The molecule has 3 aliphatic rings. The van der Waals surface area contributed by atoms with Crippen LogP contribution in [0.2, 0.25) is 0 Å². The number of hydrogen-bond donors (Lipinski definition) is 3. The third-order valence-corrected chi connectivity index (χ3v) is 6.78. The van der Waals surface area contributed by atoms with Gasteiger partial charge in [0.05, 0.1) is 0 Å². The number of phenols is 1. The number of benzene rings is 4. The minimum Gasteiger partial charge on any atom is -0.508 e. The van der Waals surface area contributed by atoms with Crippen LogP contribution in [-0.2, 0) is 0 Å². The maximum Gasteiger partial charge on any atom is 0.134 e. The van der Waals surface area contributed by atoms with Crippen molar-refractivity contribution in [2.24, 2.45) is 0 Å². The zero-order valence-electron chi connectivity index (χ0n) is 17.3. The van der Waals surface area contributed by atoms with Crippen molar-refractivity contribution < 1.29 is 5.11 Å². The molecule has 0 aromatic heterocycles. The van der Waals surface area contributed by atoms with Crippen molar-refractivity contribution in [3.05, 3.63) is 114 Å². The first-order valence-corrected chi connectivity index (χ1v) is 11.0. The molecule has 4 bridgehead atoms. The van der Waals surface area contributed by atoms with Crippen LogP contribution in [0.1, 0.15) is 35.2 Å². The molecule has 7 rings (SSSR count).